The highest BCUT2D eigenvalue weighted by Crippen LogP contribution is 2.50. The molecule has 0 bridgehead atoms. The number of rotatable bonds is 4. The third-order valence-corrected chi connectivity index (χ3v) is 7.35. The van der Waals surface area contributed by atoms with E-state index < -0.39 is 0 Å². The molecule has 1 aliphatic carbocycles. The molecule has 3 aromatic heterocycles. The summed E-state index contributed by atoms with van der Waals surface area (Å²) in [7, 11) is 0. The fourth-order valence-electron chi connectivity index (χ4n) is 5.08. The fourth-order valence-corrected chi connectivity index (χ4v) is 5.19. The lowest BCUT2D eigenvalue weighted by molar-refractivity contribution is -0.130. The highest BCUT2D eigenvalue weighted by molar-refractivity contribution is 6.30. The molecule has 2 aliphatic rings. The van der Waals surface area contributed by atoms with E-state index in [9.17, 15) is 4.79 Å². The number of benzene rings is 1. The van der Waals surface area contributed by atoms with Gasteiger partial charge in [-0.05, 0) is 68.9 Å². The van der Waals surface area contributed by atoms with E-state index in [4.69, 9.17) is 27.2 Å². The molecule has 9 nitrogen and oxygen atoms in total. The Bertz CT molecular complexity index is 1550. The van der Waals surface area contributed by atoms with Crippen molar-refractivity contribution >= 4 is 34.4 Å². The van der Waals surface area contributed by atoms with Crippen LogP contribution >= 0.6 is 11.6 Å². The van der Waals surface area contributed by atoms with Crippen LogP contribution in [0.1, 0.15) is 38.6 Å². The van der Waals surface area contributed by atoms with Crippen LogP contribution in [0, 0.1) is 11.8 Å². The third-order valence-electron chi connectivity index (χ3n) is 7.13. The molecule has 1 saturated heterocycles. The summed E-state index contributed by atoms with van der Waals surface area (Å²) in [4.78, 5) is 27.7. The summed E-state index contributed by atoms with van der Waals surface area (Å²) in [6.07, 6.45) is 6.84. The zero-order valence-electron chi connectivity index (χ0n) is 20.2. The third kappa shape index (κ3) is 4.23. The predicted molar refractivity (Wildman–Crippen MR) is 140 cm³/mol. The maximum Gasteiger partial charge on any atom is 0.298 e. The van der Waals surface area contributed by atoms with Crippen molar-refractivity contribution in [2.45, 2.75) is 44.2 Å². The van der Waals surface area contributed by atoms with Gasteiger partial charge in [-0.2, -0.15) is 5.10 Å². The molecule has 1 spiro atoms. The van der Waals surface area contributed by atoms with Crippen LogP contribution in [0.5, 0.6) is 11.6 Å². The number of amides is 1. The van der Waals surface area contributed by atoms with Gasteiger partial charge in [0.15, 0.2) is 5.65 Å². The van der Waals surface area contributed by atoms with E-state index in [1.165, 1.54) is 12.5 Å². The lowest BCUT2D eigenvalue weighted by Crippen LogP contribution is -2.48. The number of halogens is 1. The summed E-state index contributed by atoms with van der Waals surface area (Å²) in [5.41, 5.74) is 8.45. The number of piperidine rings is 1. The number of nitrogens with two attached hydrogens (primary N) is 1. The van der Waals surface area contributed by atoms with E-state index in [1.54, 1.807) is 19.1 Å². The van der Waals surface area contributed by atoms with Crippen LogP contribution in [0.2, 0.25) is 5.02 Å². The van der Waals surface area contributed by atoms with Crippen LogP contribution in [0.4, 0.5) is 5.82 Å². The Morgan fingerprint density at radius 1 is 1.14 bits per heavy atom. The zero-order valence-corrected chi connectivity index (χ0v) is 20.9. The van der Waals surface area contributed by atoms with E-state index in [2.05, 4.69) is 26.8 Å². The fraction of sp³-hybridized carbons (Fsp3) is 0.296. The number of anilines is 1. The first-order chi connectivity index (χ1) is 18.0. The van der Waals surface area contributed by atoms with Crippen molar-refractivity contribution in [3.8, 4) is 34.7 Å². The molecule has 4 heterocycles. The van der Waals surface area contributed by atoms with Crippen molar-refractivity contribution in [2.24, 2.45) is 0 Å². The summed E-state index contributed by atoms with van der Waals surface area (Å²) < 4.78 is 7.72. The lowest BCUT2D eigenvalue weighted by atomic mass is 9.96. The molecule has 0 radical (unpaired) electrons. The number of nitrogen functional groups attached to an aromatic ring is 1. The highest BCUT2D eigenvalue weighted by Gasteiger charge is 2.53. The van der Waals surface area contributed by atoms with Crippen LogP contribution < -0.4 is 10.5 Å². The number of carbonyl (C=O) groups excluding carboxylic acids is 1. The molecule has 4 aromatic rings. The van der Waals surface area contributed by atoms with Crippen LogP contribution in [0.25, 0.3) is 22.3 Å². The number of ether oxygens (including phenoxy) is 1. The van der Waals surface area contributed by atoms with Crippen molar-refractivity contribution in [3.63, 3.8) is 0 Å². The number of fused-ring (bicyclic) bond motifs is 1. The monoisotopic (exact) mass is 513 g/mol. The van der Waals surface area contributed by atoms with E-state index in [-0.39, 0.29) is 17.5 Å². The van der Waals surface area contributed by atoms with Crippen molar-refractivity contribution in [3.05, 3.63) is 53.9 Å². The molecule has 2 N–H and O–H groups in total. The van der Waals surface area contributed by atoms with Gasteiger partial charge in [0, 0.05) is 29.9 Å². The van der Waals surface area contributed by atoms with Crippen molar-refractivity contribution in [1.29, 1.82) is 0 Å². The van der Waals surface area contributed by atoms with Gasteiger partial charge in [0.05, 0.1) is 16.5 Å². The summed E-state index contributed by atoms with van der Waals surface area (Å²) >= 11 is 5.90. The topological polar surface area (TPSA) is 112 Å². The average Bonchev–Trinajstić information content (AvgIpc) is 3.56. The SMILES string of the molecule is CC#CC(=O)N1C[C@H](n2nc(-c3ccc(Oc4ccc(Cl)cn4)cc3)c3c(N)ncnc32)CCC12CC2. The number of aromatic nitrogens is 5. The van der Waals surface area contributed by atoms with Gasteiger partial charge < -0.3 is 15.4 Å². The molecule has 2 fully saturated rings. The first-order valence-corrected chi connectivity index (χ1v) is 12.5. The van der Waals surface area contributed by atoms with Gasteiger partial charge >= 0.3 is 0 Å². The first kappa shape index (κ1) is 23.3. The number of likely N-dealkylation sites (tertiary alicyclic amines) is 1. The maximum atomic E-state index is 12.8. The molecular weight excluding hydrogens is 490 g/mol. The minimum atomic E-state index is -0.124. The Hall–Kier alpha value is -4.16. The van der Waals surface area contributed by atoms with Gasteiger partial charge in [-0.25, -0.2) is 19.6 Å². The van der Waals surface area contributed by atoms with Gasteiger partial charge in [-0.3, -0.25) is 4.79 Å². The second kappa shape index (κ2) is 9.05. The Labute approximate surface area is 218 Å². The van der Waals surface area contributed by atoms with Gasteiger partial charge in [0.2, 0.25) is 5.88 Å². The van der Waals surface area contributed by atoms with Gasteiger partial charge in [-0.15, -0.1) is 0 Å². The molecule has 37 heavy (non-hydrogen) atoms. The minimum absolute atomic E-state index is 0.0435. The Kier molecular flexibility index (Phi) is 5.69. The van der Waals surface area contributed by atoms with Crippen LogP contribution in [0.15, 0.2) is 48.9 Å². The predicted octanol–water partition coefficient (Wildman–Crippen LogP) is 4.64. The Morgan fingerprint density at radius 3 is 2.65 bits per heavy atom. The van der Waals surface area contributed by atoms with Crippen LogP contribution in [-0.4, -0.2) is 47.6 Å². The molecule has 6 rings (SSSR count). The number of carbonyl (C=O) groups is 1. The largest absolute Gasteiger partial charge is 0.439 e. The molecular formula is C27H24ClN7O2. The molecule has 1 atom stereocenters. The summed E-state index contributed by atoms with van der Waals surface area (Å²) in [6.45, 7) is 2.22. The van der Waals surface area contributed by atoms with E-state index >= 15 is 0 Å². The molecule has 1 aromatic carbocycles. The van der Waals surface area contributed by atoms with Gasteiger partial charge in [0.25, 0.3) is 5.91 Å². The molecule has 0 unspecified atom stereocenters. The Morgan fingerprint density at radius 2 is 1.95 bits per heavy atom. The van der Waals surface area contributed by atoms with E-state index in [0.717, 1.165) is 31.2 Å². The number of hydrogen-bond acceptors (Lipinski definition) is 7. The first-order valence-electron chi connectivity index (χ1n) is 12.1. The van der Waals surface area contributed by atoms with Crippen LogP contribution in [-0.2, 0) is 4.79 Å². The Balaban J connectivity index is 1.33. The molecule has 10 heteroatoms. The van der Waals surface area contributed by atoms with Gasteiger partial charge in [0.1, 0.15) is 23.6 Å². The minimum Gasteiger partial charge on any atom is -0.439 e. The molecule has 1 aliphatic heterocycles. The summed E-state index contributed by atoms with van der Waals surface area (Å²) in [5.74, 6) is 6.78. The summed E-state index contributed by atoms with van der Waals surface area (Å²) in [6, 6.07) is 10.9. The second-order valence-corrected chi connectivity index (χ2v) is 9.84. The number of hydrogen-bond donors (Lipinski definition) is 1. The number of nitrogens with zero attached hydrogens (tertiary/aromatic N) is 6. The normalized spacial score (nSPS) is 17.9. The molecule has 186 valence electrons. The molecule has 1 amide bonds. The van der Waals surface area contributed by atoms with Crippen molar-refractivity contribution < 1.29 is 9.53 Å². The van der Waals surface area contributed by atoms with Gasteiger partial charge in [-0.1, -0.05) is 17.5 Å². The number of pyridine rings is 1. The average molecular weight is 514 g/mol. The van der Waals surface area contributed by atoms with E-state index in [0.29, 0.717) is 45.7 Å². The lowest BCUT2D eigenvalue weighted by Gasteiger charge is -2.39. The van der Waals surface area contributed by atoms with Crippen LogP contribution in [0.3, 0.4) is 0 Å². The second-order valence-electron chi connectivity index (χ2n) is 9.40. The van der Waals surface area contributed by atoms with E-state index in [1.807, 2.05) is 33.8 Å². The smallest absolute Gasteiger partial charge is 0.298 e. The highest BCUT2D eigenvalue weighted by atomic mass is 35.5. The zero-order chi connectivity index (χ0) is 25.6. The molecule has 1 saturated carbocycles. The standard InChI is InChI=1S/C27H24ClN7O2/c1-2-3-22(36)34-15-19(10-11-27(34)12-13-27)35-26-23(25(29)31-16-32-26)24(33-35)17-4-7-20(8-5-17)37-21-9-6-18(28)14-30-21/h4-9,14,16,19H,10-13,15H2,1H3,(H2,29,31,32)/t19-/m1/s1. The van der Waals surface area contributed by atoms with Crippen molar-refractivity contribution in [1.82, 2.24) is 29.6 Å². The maximum absolute atomic E-state index is 12.8. The summed E-state index contributed by atoms with van der Waals surface area (Å²) in [5, 5.41) is 6.20. The van der Waals surface area contributed by atoms with Crippen molar-refractivity contribution in [2.75, 3.05) is 12.3 Å². The quantitative estimate of drug-likeness (QED) is 0.396.